The molecule has 0 unspecified atom stereocenters. The normalized spacial score (nSPS) is 15.7. The van der Waals surface area contributed by atoms with Gasteiger partial charge >= 0.3 is 5.69 Å². The summed E-state index contributed by atoms with van der Waals surface area (Å²) in [5, 5.41) is 17.4. The van der Waals surface area contributed by atoms with Crippen molar-refractivity contribution in [3.63, 3.8) is 0 Å². The van der Waals surface area contributed by atoms with E-state index in [2.05, 4.69) is 20.6 Å². The first kappa shape index (κ1) is 15.4. The number of ether oxygens (including phenoxy) is 1. The van der Waals surface area contributed by atoms with Crippen molar-refractivity contribution in [2.45, 2.75) is 38.1 Å². The first-order valence-corrected chi connectivity index (χ1v) is 7.21. The Morgan fingerprint density at radius 3 is 2.71 bits per heavy atom. The highest BCUT2D eigenvalue weighted by Gasteiger charge is 2.25. The largest absolute Gasteiger partial charge is 0.383 e. The number of nitro groups is 1. The van der Waals surface area contributed by atoms with Crippen molar-refractivity contribution in [1.29, 1.82) is 0 Å². The molecule has 0 amide bonds. The van der Waals surface area contributed by atoms with Crippen LogP contribution in [-0.2, 0) is 4.74 Å². The lowest BCUT2D eigenvalue weighted by Crippen LogP contribution is -2.24. The molecule has 0 bridgehead atoms. The maximum absolute atomic E-state index is 11.3. The van der Waals surface area contributed by atoms with Gasteiger partial charge in [-0.15, -0.1) is 0 Å². The topological polar surface area (TPSA) is 102 Å². The molecular formula is C13H21N5O3. The monoisotopic (exact) mass is 295 g/mol. The molecule has 0 aliphatic heterocycles. The lowest BCUT2D eigenvalue weighted by molar-refractivity contribution is -0.383. The van der Waals surface area contributed by atoms with Crippen molar-refractivity contribution < 1.29 is 9.66 Å². The molecule has 1 fully saturated rings. The highest BCUT2D eigenvalue weighted by atomic mass is 16.6. The lowest BCUT2D eigenvalue weighted by Gasteiger charge is -2.23. The summed E-state index contributed by atoms with van der Waals surface area (Å²) in [6.45, 7) is 0.907. The fourth-order valence-electron chi connectivity index (χ4n) is 2.50. The van der Waals surface area contributed by atoms with Crippen LogP contribution in [0.15, 0.2) is 6.33 Å². The Morgan fingerprint density at radius 2 is 2.05 bits per heavy atom. The molecule has 8 nitrogen and oxygen atoms in total. The minimum Gasteiger partial charge on any atom is -0.383 e. The third-order valence-electron chi connectivity index (χ3n) is 3.55. The molecule has 0 spiro atoms. The average Bonchev–Trinajstić information content (AvgIpc) is 2.48. The maximum atomic E-state index is 11.3. The summed E-state index contributed by atoms with van der Waals surface area (Å²) in [7, 11) is 1.58. The Hall–Kier alpha value is -1.96. The Labute approximate surface area is 123 Å². The third-order valence-corrected chi connectivity index (χ3v) is 3.55. The highest BCUT2D eigenvalue weighted by molar-refractivity contribution is 5.69. The van der Waals surface area contributed by atoms with Gasteiger partial charge in [0.15, 0.2) is 0 Å². The molecule has 0 aromatic carbocycles. The van der Waals surface area contributed by atoms with Crippen molar-refractivity contribution in [2.24, 2.45) is 0 Å². The van der Waals surface area contributed by atoms with E-state index >= 15 is 0 Å². The van der Waals surface area contributed by atoms with Gasteiger partial charge in [-0.2, -0.15) is 0 Å². The van der Waals surface area contributed by atoms with Crippen LogP contribution >= 0.6 is 0 Å². The van der Waals surface area contributed by atoms with Gasteiger partial charge in [-0.25, -0.2) is 9.97 Å². The van der Waals surface area contributed by atoms with E-state index in [9.17, 15) is 10.1 Å². The summed E-state index contributed by atoms with van der Waals surface area (Å²) in [5.41, 5.74) is -0.0980. The minimum absolute atomic E-state index is 0.0980. The van der Waals surface area contributed by atoms with Crippen molar-refractivity contribution in [3.05, 3.63) is 16.4 Å². The van der Waals surface area contributed by atoms with E-state index < -0.39 is 4.92 Å². The molecular weight excluding hydrogens is 274 g/mol. The summed E-state index contributed by atoms with van der Waals surface area (Å²) in [6.07, 6.45) is 6.91. The van der Waals surface area contributed by atoms with Gasteiger partial charge in [0.05, 0.1) is 11.5 Å². The molecule has 8 heteroatoms. The molecule has 1 aromatic rings. The first-order valence-electron chi connectivity index (χ1n) is 7.21. The average molecular weight is 295 g/mol. The molecule has 1 heterocycles. The van der Waals surface area contributed by atoms with Gasteiger partial charge in [0.25, 0.3) is 0 Å². The van der Waals surface area contributed by atoms with E-state index in [1.54, 1.807) is 7.11 Å². The molecule has 1 aliphatic rings. The fourth-order valence-corrected chi connectivity index (χ4v) is 2.50. The molecule has 1 aromatic heterocycles. The molecule has 2 rings (SSSR count). The van der Waals surface area contributed by atoms with E-state index in [4.69, 9.17) is 4.74 Å². The van der Waals surface area contributed by atoms with Crippen LogP contribution in [0.1, 0.15) is 32.1 Å². The van der Waals surface area contributed by atoms with E-state index in [0.717, 1.165) is 25.7 Å². The standard InChI is InChI=1S/C13H21N5O3/c1-21-8-7-14-12-11(18(19)20)13(16-9-15-12)17-10-5-3-2-4-6-10/h9-10H,2-8H2,1H3,(H2,14,15,16,17). The number of nitrogens with one attached hydrogen (secondary N) is 2. The van der Waals surface area contributed by atoms with Crippen molar-refractivity contribution >= 4 is 17.3 Å². The highest BCUT2D eigenvalue weighted by Crippen LogP contribution is 2.31. The van der Waals surface area contributed by atoms with E-state index in [-0.39, 0.29) is 17.5 Å². The van der Waals surface area contributed by atoms with Crippen molar-refractivity contribution in [1.82, 2.24) is 9.97 Å². The molecule has 0 atom stereocenters. The van der Waals surface area contributed by atoms with Crippen LogP contribution in [0.25, 0.3) is 0 Å². The van der Waals surface area contributed by atoms with Gasteiger partial charge in [-0.05, 0) is 12.8 Å². The second-order valence-corrected chi connectivity index (χ2v) is 5.08. The maximum Gasteiger partial charge on any atom is 0.353 e. The van der Waals surface area contributed by atoms with Gasteiger partial charge in [-0.3, -0.25) is 10.1 Å². The zero-order chi connectivity index (χ0) is 15.1. The Kier molecular flexibility index (Phi) is 5.68. The minimum atomic E-state index is -0.444. The lowest BCUT2D eigenvalue weighted by atomic mass is 9.95. The van der Waals surface area contributed by atoms with Crippen molar-refractivity contribution in [2.75, 3.05) is 30.9 Å². The number of anilines is 2. The molecule has 2 N–H and O–H groups in total. The van der Waals surface area contributed by atoms with Crippen molar-refractivity contribution in [3.8, 4) is 0 Å². The summed E-state index contributed by atoms with van der Waals surface area (Å²) >= 11 is 0. The van der Waals surface area contributed by atoms with Crippen LogP contribution in [0.4, 0.5) is 17.3 Å². The molecule has 1 aliphatic carbocycles. The molecule has 0 saturated heterocycles. The van der Waals surface area contributed by atoms with E-state index in [0.29, 0.717) is 19.0 Å². The quantitative estimate of drug-likeness (QED) is 0.451. The molecule has 0 radical (unpaired) electrons. The summed E-state index contributed by atoms with van der Waals surface area (Å²) < 4.78 is 4.92. The number of aromatic nitrogens is 2. The summed E-state index contributed by atoms with van der Waals surface area (Å²) in [4.78, 5) is 18.9. The number of rotatable bonds is 7. The van der Waals surface area contributed by atoms with Crippen LogP contribution in [-0.4, -0.2) is 41.2 Å². The van der Waals surface area contributed by atoms with Crippen LogP contribution in [0.3, 0.4) is 0 Å². The molecule has 116 valence electrons. The zero-order valence-corrected chi connectivity index (χ0v) is 12.2. The predicted molar refractivity (Wildman–Crippen MR) is 79.5 cm³/mol. The zero-order valence-electron chi connectivity index (χ0n) is 12.2. The van der Waals surface area contributed by atoms with E-state index in [1.807, 2.05) is 0 Å². The van der Waals surface area contributed by atoms with Gasteiger partial charge in [0.2, 0.25) is 11.6 Å². The van der Waals surface area contributed by atoms with Gasteiger partial charge < -0.3 is 15.4 Å². The SMILES string of the molecule is COCCNc1ncnc(NC2CCCCC2)c1[N+](=O)[O-]. The van der Waals surface area contributed by atoms with Crippen LogP contribution in [0, 0.1) is 10.1 Å². The fraction of sp³-hybridized carbons (Fsp3) is 0.692. The predicted octanol–water partition coefficient (Wildman–Crippen LogP) is 2.19. The number of hydrogen-bond donors (Lipinski definition) is 2. The van der Waals surface area contributed by atoms with E-state index in [1.165, 1.54) is 12.7 Å². The Morgan fingerprint density at radius 1 is 1.33 bits per heavy atom. The van der Waals surface area contributed by atoms with Gasteiger partial charge in [-0.1, -0.05) is 19.3 Å². The second-order valence-electron chi connectivity index (χ2n) is 5.08. The Balaban J connectivity index is 2.14. The molecule has 1 saturated carbocycles. The third kappa shape index (κ3) is 4.25. The summed E-state index contributed by atoms with van der Waals surface area (Å²) in [5.74, 6) is 0.521. The van der Waals surface area contributed by atoms with Gasteiger partial charge in [0.1, 0.15) is 6.33 Å². The smallest absolute Gasteiger partial charge is 0.353 e. The van der Waals surface area contributed by atoms with Gasteiger partial charge in [0, 0.05) is 19.7 Å². The van der Waals surface area contributed by atoms with Crippen LogP contribution in [0.2, 0.25) is 0 Å². The number of methoxy groups -OCH3 is 1. The first-order chi connectivity index (χ1) is 10.2. The number of nitrogens with zero attached hydrogens (tertiary/aromatic N) is 3. The Bertz CT molecular complexity index is 477. The molecule has 21 heavy (non-hydrogen) atoms. The number of hydrogen-bond acceptors (Lipinski definition) is 7. The summed E-state index contributed by atoms with van der Waals surface area (Å²) in [6, 6.07) is 0.249. The van der Waals surface area contributed by atoms with Crippen LogP contribution in [0.5, 0.6) is 0 Å². The van der Waals surface area contributed by atoms with Crippen LogP contribution < -0.4 is 10.6 Å². The second kappa shape index (κ2) is 7.72.